The number of ketones is 1. The van der Waals surface area contributed by atoms with E-state index in [0.717, 1.165) is 40.0 Å². The van der Waals surface area contributed by atoms with Crippen LogP contribution >= 0.6 is 11.6 Å². The van der Waals surface area contributed by atoms with Gasteiger partial charge in [0, 0.05) is 65.9 Å². The van der Waals surface area contributed by atoms with Gasteiger partial charge in [0.15, 0.2) is 0 Å². The maximum Gasteiger partial charge on any atom is 0.242 e. The molecular formula is C38H50ClN2O11S+. The van der Waals surface area contributed by atoms with Crippen molar-refractivity contribution in [1.29, 1.82) is 0 Å². The van der Waals surface area contributed by atoms with Crippen LogP contribution in [0.4, 0.5) is 0 Å². The number of halogens is 1. The number of hydrogen-bond donors (Lipinski definition) is 6. The molecular weight excluding hydrogens is 728 g/mol. The maximum absolute atomic E-state index is 13.5. The Morgan fingerprint density at radius 2 is 1.74 bits per heavy atom. The van der Waals surface area contributed by atoms with Crippen LogP contribution < -0.4 is 9.47 Å². The Labute approximate surface area is 315 Å². The Morgan fingerprint density at radius 1 is 1.00 bits per heavy atom. The van der Waals surface area contributed by atoms with Gasteiger partial charge in [0.2, 0.25) is 22.4 Å². The van der Waals surface area contributed by atoms with Gasteiger partial charge < -0.3 is 35.0 Å². The van der Waals surface area contributed by atoms with E-state index < -0.39 is 53.1 Å². The molecule has 1 heterocycles. The molecule has 0 saturated heterocycles. The average molecular weight is 778 g/mol. The second-order valence-corrected chi connectivity index (χ2v) is 16.5. The Bertz CT molecular complexity index is 1820. The van der Waals surface area contributed by atoms with E-state index in [1.807, 2.05) is 30.3 Å². The lowest BCUT2D eigenvalue weighted by Crippen LogP contribution is -2.45. The molecule has 13 nitrogen and oxygen atoms in total. The van der Waals surface area contributed by atoms with Crippen molar-refractivity contribution < 1.29 is 58.2 Å². The standard InChI is InChI=1S/C38H50ClN2O11S/c1-40(17-6-2-3-7-27(44)19-25(22-42)36(46)37(47)34(45)23-43)53(49,50)29-12-13-33(39)26(20-29)24-51-38(15-16-38)32-21-41(48)18-14-30(32)31-8-4-5-9-35(31)52-28-10-11-28/h4-5,8-9,12-14,18,20-21,25,28,34,36-37,42-43,45-48H,2-3,6-7,10-11,15-17,19,22-24H2,1H3/q+1/t25-,34+,36+,37+/m0/s1. The molecule has 15 heteroatoms. The summed E-state index contributed by atoms with van der Waals surface area (Å²) in [5.74, 6) is -0.495. The largest absolute Gasteiger partial charge is 0.490 e. The molecule has 2 aromatic carbocycles. The van der Waals surface area contributed by atoms with Crippen molar-refractivity contribution in [3.8, 4) is 16.9 Å². The van der Waals surface area contributed by atoms with E-state index in [1.165, 1.54) is 29.6 Å². The molecule has 0 radical (unpaired) electrons. The summed E-state index contributed by atoms with van der Waals surface area (Å²) < 4.78 is 42.0. The number of carbonyl (C=O) groups is 1. The van der Waals surface area contributed by atoms with E-state index in [4.69, 9.17) is 26.2 Å². The third kappa shape index (κ3) is 10.3. The van der Waals surface area contributed by atoms with Crippen molar-refractivity contribution in [2.24, 2.45) is 5.92 Å². The predicted molar refractivity (Wildman–Crippen MR) is 194 cm³/mol. The maximum atomic E-state index is 13.5. The first-order valence-electron chi connectivity index (χ1n) is 18.0. The van der Waals surface area contributed by atoms with Gasteiger partial charge in [-0.1, -0.05) is 36.2 Å². The molecule has 4 atom stereocenters. The molecule has 2 saturated carbocycles. The molecule has 3 aromatic rings. The van der Waals surface area contributed by atoms with Gasteiger partial charge in [-0.2, -0.15) is 0 Å². The Balaban J connectivity index is 1.16. The predicted octanol–water partition coefficient (Wildman–Crippen LogP) is 3.10. The summed E-state index contributed by atoms with van der Waals surface area (Å²) in [5.41, 5.74) is 2.35. The molecule has 5 rings (SSSR count). The Hall–Kier alpha value is -3.18. The third-order valence-electron chi connectivity index (χ3n) is 9.93. The minimum atomic E-state index is -3.89. The smallest absolute Gasteiger partial charge is 0.242 e. The second kappa shape index (κ2) is 18.0. The number of Topliss-reactive ketones (excluding diaryl/α,β-unsaturated/α-hetero) is 1. The van der Waals surface area contributed by atoms with Crippen LogP contribution in [0.15, 0.2) is 65.8 Å². The van der Waals surface area contributed by atoms with Crippen LogP contribution in [0.3, 0.4) is 0 Å². The number of carbonyl (C=O) groups excluding carboxylic acids is 1. The molecule has 0 bridgehead atoms. The number of benzene rings is 2. The molecule has 1 aromatic heterocycles. The van der Waals surface area contributed by atoms with Crippen molar-refractivity contribution in [2.45, 2.75) is 99.3 Å². The number of aromatic nitrogens is 1. The van der Waals surface area contributed by atoms with Gasteiger partial charge in [0.1, 0.15) is 29.3 Å². The lowest BCUT2D eigenvalue weighted by molar-refractivity contribution is -0.905. The summed E-state index contributed by atoms with van der Waals surface area (Å²) in [6.45, 7) is -1.14. The summed E-state index contributed by atoms with van der Waals surface area (Å²) in [5, 5.41) is 58.9. The van der Waals surface area contributed by atoms with Crippen molar-refractivity contribution in [3.05, 3.63) is 77.1 Å². The van der Waals surface area contributed by atoms with Crippen LogP contribution in [-0.4, -0.2) is 100 Å². The minimum absolute atomic E-state index is 0.0368. The van der Waals surface area contributed by atoms with E-state index in [2.05, 4.69) is 0 Å². The zero-order chi connectivity index (χ0) is 38.3. The summed E-state index contributed by atoms with van der Waals surface area (Å²) >= 11 is 6.55. The van der Waals surface area contributed by atoms with Crippen molar-refractivity contribution in [1.82, 2.24) is 4.31 Å². The first kappa shape index (κ1) is 41.0. The van der Waals surface area contributed by atoms with Crippen LogP contribution in [0, 0.1) is 5.92 Å². The number of para-hydroxylation sites is 1. The van der Waals surface area contributed by atoms with E-state index in [0.29, 0.717) is 42.7 Å². The fourth-order valence-corrected chi connectivity index (χ4v) is 7.75. The van der Waals surface area contributed by atoms with Gasteiger partial charge in [-0.25, -0.2) is 12.7 Å². The number of aliphatic hydroxyl groups excluding tert-OH is 5. The molecule has 2 fully saturated rings. The Kier molecular flexibility index (Phi) is 13.9. The quantitative estimate of drug-likeness (QED) is 0.0498. The molecule has 290 valence electrons. The molecule has 0 spiro atoms. The van der Waals surface area contributed by atoms with Crippen LogP contribution in [0.5, 0.6) is 5.75 Å². The van der Waals surface area contributed by atoms with E-state index >= 15 is 0 Å². The topological polar surface area (TPSA) is 198 Å². The first-order valence-corrected chi connectivity index (χ1v) is 19.8. The van der Waals surface area contributed by atoms with E-state index in [9.17, 15) is 38.8 Å². The number of aliphatic hydroxyl groups is 5. The Morgan fingerprint density at radius 3 is 2.42 bits per heavy atom. The number of sulfonamides is 1. The number of hydrogen-bond acceptors (Lipinski definition) is 11. The van der Waals surface area contributed by atoms with Crippen molar-refractivity contribution in [3.63, 3.8) is 0 Å². The third-order valence-corrected chi connectivity index (χ3v) is 12.2. The summed E-state index contributed by atoms with van der Waals surface area (Å²) in [4.78, 5) is 12.5. The number of unbranched alkanes of at least 4 members (excludes halogenated alkanes) is 2. The monoisotopic (exact) mass is 777 g/mol. The molecule has 0 aliphatic heterocycles. The normalized spacial score (nSPS) is 17.7. The number of rotatable bonds is 22. The highest BCUT2D eigenvalue weighted by molar-refractivity contribution is 7.89. The van der Waals surface area contributed by atoms with E-state index in [1.54, 1.807) is 12.4 Å². The minimum Gasteiger partial charge on any atom is -0.490 e. The summed E-state index contributed by atoms with van der Waals surface area (Å²) in [6, 6.07) is 14.1. The molecule has 53 heavy (non-hydrogen) atoms. The van der Waals surface area contributed by atoms with Crippen molar-refractivity contribution in [2.75, 3.05) is 26.8 Å². The summed E-state index contributed by atoms with van der Waals surface area (Å²) in [6.07, 6.45) is 3.30. The highest BCUT2D eigenvalue weighted by Gasteiger charge is 2.49. The van der Waals surface area contributed by atoms with Crippen molar-refractivity contribution >= 4 is 27.4 Å². The fraction of sp³-hybridized carbons (Fsp3) is 0.526. The van der Waals surface area contributed by atoms with Gasteiger partial charge in [-0.15, -0.1) is 0 Å². The molecule has 2 aliphatic rings. The van der Waals surface area contributed by atoms with Gasteiger partial charge in [0.25, 0.3) is 0 Å². The van der Waals surface area contributed by atoms with Crippen LogP contribution in [0.2, 0.25) is 5.02 Å². The SMILES string of the molecule is CN(CCCCCC(=O)C[C@@H](CO)[C@@H](O)[C@H](O)[C@H](O)CO)S(=O)(=O)c1ccc(Cl)c(COC2(c3c[n+](O)ccc3-c3ccccc3OC3CC3)CC2)c1. The second-order valence-electron chi connectivity index (χ2n) is 14.1. The molecule has 2 aliphatic carbocycles. The van der Waals surface area contributed by atoms with Crippen LogP contribution in [0.25, 0.3) is 11.1 Å². The van der Waals surface area contributed by atoms with Crippen LogP contribution in [0.1, 0.15) is 68.9 Å². The highest BCUT2D eigenvalue weighted by Crippen LogP contribution is 2.53. The zero-order valence-corrected chi connectivity index (χ0v) is 31.3. The van der Waals surface area contributed by atoms with Gasteiger partial charge >= 0.3 is 0 Å². The first-order chi connectivity index (χ1) is 25.3. The summed E-state index contributed by atoms with van der Waals surface area (Å²) in [7, 11) is -2.41. The van der Waals surface area contributed by atoms with Gasteiger partial charge in [0.05, 0.1) is 35.9 Å². The fourth-order valence-electron chi connectivity index (χ4n) is 6.32. The number of nitrogens with zero attached hydrogens (tertiary/aromatic N) is 2. The lowest BCUT2D eigenvalue weighted by atomic mass is 9.90. The number of ether oxygens (including phenoxy) is 2. The van der Waals surface area contributed by atoms with Gasteiger partial charge in [-0.05, 0) is 68.4 Å². The molecule has 0 unspecified atom stereocenters. The average Bonchev–Trinajstić information content (AvgIpc) is 4.10. The highest BCUT2D eigenvalue weighted by atomic mass is 35.5. The number of pyridine rings is 1. The lowest BCUT2D eigenvalue weighted by Gasteiger charge is -2.27. The molecule has 6 N–H and O–H groups in total. The van der Waals surface area contributed by atoms with E-state index in [-0.39, 0.29) is 42.8 Å². The zero-order valence-electron chi connectivity index (χ0n) is 29.8. The van der Waals surface area contributed by atoms with Crippen LogP contribution in [-0.2, 0) is 31.8 Å². The molecule has 0 amide bonds. The van der Waals surface area contributed by atoms with Gasteiger partial charge in [-0.3, -0.25) is 10.0 Å².